The van der Waals surface area contributed by atoms with Gasteiger partial charge in [0.05, 0.1) is 13.3 Å². The molecule has 2 aromatic heterocycles. The maximum atomic E-state index is 11.2. The lowest BCUT2D eigenvalue weighted by Crippen LogP contribution is -1.96. The summed E-state index contributed by atoms with van der Waals surface area (Å²) < 4.78 is 4.58. The number of rotatable bonds is 1. The first-order valence-corrected chi connectivity index (χ1v) is 4.90. The van der Waals surface area contributed by atoms with E-state index in [4.69, 9.17) is 11.6 Å². The van der Waals surface area contributed by atoms with Crippen molar-refractivity contribution in [1.82, 2.24) is 9.97 Å². The van der Waals surface area contributed by atoms with Crippen molar-refractivity contribution in [2.45, 2.75) is 0 Å². The van der Waals surface area contributed by atoms with Gasteiger partial charge in [0, 0.05) is 0 Å². The molecule has 0 N–H and O–H groups in total. The lowest BCUT2D eigenvalue weighted by atomic mass is 10.4. The molecule has 0 spiro atoms. The van der Waals surface area contributed by atoms with E-state index in [-0.39, 0.29) is 5.97 Å². The lowest BCUT2D eigenvalue weighted by Gasteiger charge is -1.90. The second kappa shape index (κ2) is 3.51. The smallest absolute Gasteiger partial charge is 0.348 e. The van der Waals surface area contributed by atoms with E-state index in [0.717, 1.165) is 0 Å². The standard InChI is InChI=1S/C8H5ClN2O2S/c1-13-8(12)5-2-4-7(14-5)11-6(9)3-10-4/h2-3H,1H3. The molecule has 0 aliphatic rings. The Morgan fingerprint density at radius 3 is 3.14 bits per heavy atom. The van der Waals surface area contributed by atoms with Gasteiger partial charge >= 0.3 is 5.97 Å². The summed E-state index contributed by atoms with van der Waals surface area (Å²) in [5, 5.41) is 0.316. The van der Waals surface area contributed by atoms with Crippen molar-refractivity contribution in [1.29, 1.82) is 0 Å². The van der Waals surface area contributed by atoms with Crippen LogP contribution >= 0.6 is 22.9 Å². The van der Waals surface area contributed by atoms with E-state index in [9.17, 15) is 4.79 Å². The molecule has 0 saturated carbocycles. The molecule has 0 saturated heterocycles. The molecule has 0 atom stereocenters. The van der Waals surface area contributed by atoms with Gasteiger partial charge in [-0.1, -0.05) is 11.6 Å². The van der Waals surface area contributed by atoms with E-state index in [2.05, 4.69) is 14.7 Å². The van der Waals surface area contributed by atoms with Crippen LogP contribution < -0.4 is 0 Å². The maximum absolute atomic E-state index is 11.2. The van der Waals surface area contributed by atoms with Crippen LogP contribution in [-0.4, -0.2) is 23.0 Å². The normalized spacial score (nSPS) is 10.4. The van der Waals surface area contributed by atoms with E-state index < -0.39 is 0 Å². The van der Waals surface area contributed by atoms with Gasteiger partial charge in [-0.25, -0.2) is 9.78 Å². The number of fused-ring (bicyclic) bond motifs is 1. The molecule has 0 amide bonds. The highest BCUT2D eigenvalue weighted by atomic mass is 35.5. The van der Waals surface area contributed by atoms with Gasteiger partial charge < -0.3 is 4.74 Å². The zero-order valence-corrected chi connectivity index (χ0v) is 8.72. The van der Waals surface area contributed by atoms with Crippen molar-refractivity contribution in [3.05, 3.63) is 22.3 Å². The van der Waals surface area contributed by atoms with Crippen LogP contribution in [0.25, 0.3) is 10.3 Å². The summed E-state index contributed by atoms with van der Waals surface area (Å²) >= 11 is 6.87. The van der Waals surface area contributed by atoms with Gasteiger partial charge in [0.2, 0.25) is 0 Å². The third-order valence-corrected chi connectivity index (χ3v) is 2.78. The van der Waals surface area contributed by atoms with Gasteiger partial charge in [0.25, 0.3) is 0 Å². The van der Waals surface area contributed by atoms with Crippen LogP contribution in [0.15, 0.2) is 12.3 Å². The first-order valence-electron chi connectivity index (χ1n) is 3.71. The molecule has 0 aliphatic carbocycles. The number of methoxy groups -OCH3 is 1. The minimum atomic E-state index is -0.383. The van der Waals surface area contributed by atoms with E-state index in [1.807, 2.05) is 0 Å². The average molecular weight is 229 g/mol. The molecule has 0 radical (unpaired) electrons. The number of thiophene rings is 1. The largest absolute Gasteiger partial charge is 0.465 e. The quantitative estimate of drug-likeness (QED) is 0.702. The summed E-state index contributed by atoms with van der Waals surface area (Å²) in [4.78, 5) is 20.3. The zero-order chi connectivity index (χ0) is 10.1. The van der Waals surface area contributed by atoms with Crippen molar-refractivity contribution in [2.24, 2.45) is 0 Å². The Labute approximate surface area is 88.5 Å². The number of nitrogens with zero attached hydrogens (tertiary/aromatic N) is 2. The molecule has 0 bridgehead atoms. The van der Waals surface area contributed by atoms with Crippen LogP contribution in [-0.2, 0) is 4.74 Å². The van der Waals surface area contributed by atoms with Gasteiger partial charge in [0.15, 0.2) is 0 Å². The van der Waals surface area contributed by atoms with Crippen molar-refractivity contribution < 1.29 is 9.53 Å². The SMILES string of the molecule is COC(=O)c1cc2ncc(Cl)nc2s1. The van der Waals surface area contributed by atoms with Crippen LogP contribution in [0.4, 0.5) is 0 Å². The Hall–Kier alpha value is -1.20. The van der Waals surface area contributed by atoms with Gasteiger partial charge in [-0.3, -0.25) is 4.98 Å². The highest BCUT2D eigenvalue weighted by molar-refractivity contribution is 7.20. The number of carbonyl (C=O) groups is 1. The summed E-state index contributed by atoms with van der Waals surface area (Å²) in [5.74, 6) is -0.383. The topological polar surface area (TPSA) is 52.1 Å². The number of carbonyl (C=O) groups excluding carboxylic acids is 1. The van der Waals surface area contributed by atoms with Crippen molar-refractivity contribution in [3.8, 4) is 0 Å². The maximum Gasteiger partial charge on any atom is 0.348 e. The number of ether oxygens (including phenoxy) is 1. The van der Waals surface area contributed by atoms with Crippen molar-refractivity contribution >= 4 is 39.3 Å². The molecule has 0 unspecified atom stereocenters. The Balaban J connectivity index is 2.56. The molecule has 0 aromatic carbocycles. The van der Waals surface area contributed by atoms with E-state index in [1.54, 1.807) is 6.07 Å². The molecule has 2 rings (SSSR count). The number of aromatic nitrogens is 2. The average Bonchev–Trinajstić information content (AvgIpc) is 2.59. The predicted molar refractivity (Wildman–Crippen MR) is 53.8 cm³/mol. The Morgan fingerprint density at radius 1 is 1.64 bits per heavy atom. The van der Waals surface area contributed by atoms with E-state index >= 15 is 0 Å². The van der Waals surface area contributed by atoms with Crippen LogP contribution in [0.5, 0.6) is 0 Å². The Bertz CT molecular complexity index is 497. The lowest BCUT2D eigenvalue weighted by molar-refractivity contribution is 0.0606. The van der Waals surface area contributed by atoms with Crippen molar-refractivity contribution in [3.63, 3.8) is 0 Å². The van der Waals surface area contributed by atoms with Gasteiger partial charge in [0.1, 0.15) is 20.4 Å². The highest BCUT2D eigenvalue weighted by Crippen LogP contribution is 2.23. The second-order valence-electron chi connectivity index (χ2n) is 2.49. The number of esters is 1. The third kappa shape index (κ3) is 1.56. The van der Waals surface area contributed by atoms with E-state index in [1.165, 1.54) is 24.6 Å². The van der Waals surface area contributed by atoms with Crippen LogP contribution in [0.3, 0.4) is 0 Å². The molecule has 72 valence electrons. The summed E-state index contributed by atoms with van der Waals surface area (Å²) in [6.45, 7) is 0. The third-order valence-electron chi connectivity index (χ3n) is 1.60. The van der Waals surface area contributed by atoms with Gasteiger partial charge in [-0.2, -0.15) is 0 Å². The van der Waals surface area contributed by atoms with Crippen LogP contribution in [0.2, 0.25) is 5.15 Å². The first-order chi connectivity index (χ1) is 6.70. The molecular formula is C8H5ClN2O2S. The van der Waals surface area contributed by atoms with Crippen LogP contribution in [0.1, 0.15) is 9.67 Å². The molecule has 0 fully saturated rings. The summed E-state index contributed by atoms with van der Waals surface area (Å²) in [6.07, 6.45) is 1.44. The van der Waals surface area contributed by atoms with Crippen LogP contribution in [0, 0.1) is 0 Å². The summed E-state index contributed by atoms with van der Waals surface area (Å²) in [5.41, 5.74) is 0.653. The minimum absolute atomic E-state index is 0.316. The predicted octanol–water partition coefficient (Wildman–Crippen LogP) is 2.13. The highest BCUT2D eigenvalue weighted by Gasteiger charge is 2.11. The van der Waals surface area contributed by atoms with Gasteiger partial charge in [-0.15, -0.1) is 11.3 Å². The molecule has 14 heavy (non-hydrogen) atoms. The fourth-order valence-corrected chi connectivity index (χ4v) is 2.08. The molecule has 4 nitrogen and oxygen atoms in total. The summed E-state index contributed by atoms with van der Waals surface area (Å²) in [7, 11) is 1.33. The van der Waals surface area contributed by atoms with Gasteiger partial charge in [-0.05, 0) is 6.07 Å². The number of hydrogen-bond acceptors (Lipinski definition) is 5. The zero-order valence-electron chi connectivity index (χ0n) is 7.15. The summed E-state index contributed by atoms with van der Waals surface area (Å²) in [6, 6.07) is 1.63. The molecule has 6 heteroatoms. The monoisotopic (exact) mass is 228 g/mol. The first kappa shape index (κ1) is 9.36. The number of hydrogen-bond donors (Lipinski definition) is 0. The molecule has 2 heterocycles. The number of halogens is 1. The van der Waals surface area contributed by atoms with E-state index in [0.29, 0.717) is 20.4 Å². The van der Waals surface area contributed by atoms with Crippen molar-refractivity contribution in [2.75, 3.05) is 7.11 Å². The molecule has 2 aromatic rings. The Morgan fingerprint density at radius 2 is 2.43 bits per heavy atom. The molecular weight excluding hydrogens is 224 g/mol. The Kier molecular flexibility index (Phi) is 2.35. The second-order valence-corrected chi connectivity index (χ2v) is 3.90. The fraction of sp³-hybridized carbons (Fsp3) is 0.125. The molecule has 0 aliphatic heterocycles. The minimum Gasteiger partial charge on any atom is -0.465 e. The fourth-order valence-electron chi connectivity index (χ4n) is 0.994.